The molecule has 0 spiro atoms. The van der Waals surface area contributed by atoms with Gasteiger partial charge in [-0.15, -0.1) is 0 Å². The zero-order valence-corrected chi connectivity index (χ0v) is 19.8. The summed E-state index contributed by atoms with van der Waals surface area (Å²) in [7, 11) is 1.64. The van der Waals surface area contributed by atoms with Crippen molar-refractivity contribution < 1.29 is 9.47 Å². The van der Waals surface area contributed by atoms with E-state index >= 15 is 0 Å². The van der Waals surface area contributed by atoms with Crippen LogP contribution in [0.15, 0.2) is 24.3 Å². The summed E-state index contributed by atoms with van der Waals surface area (Å²) in [5.74, 6) is 2.95. The van der Waals surface area contributed by atoms with E-state index in [9.17, 15) is 0 Å². The topological polar surface area (TPSA) is 91.9 Å². The molecule has 1 aliphatic rings. The second kappa shape index (κ2) is 8.64. The van der Waals surface area contributed by atoms with Gasteiger partial charge in [-0.3, -0.25) is 4.57 Å². The van der Waals surface area contributed by atoms with Crippen molar-refractivity contribution in [3.63, 3.8) is 0 Å². The minimum Gasteiger partial charge on any atom is -0.492 e. The number of nitrogens with zero attached hydrogens (tertiary/aromatic N) is 6. The molecule has 5 rings (SSSR count). The maximum atomic E-state index is 6.45. The maximum absolute atomic E-state index is 6.45. The molecular weight excluding hydrogens is 442 g/mol. The molecule has 1 aromatic carbocycles. The van der Waals surface area contributed by atoms with Crippen molar-refractivity contribution in [2.24, 2.45) is 0 Å². The smallest absolute Gasteiger partial charge is 0.168 e. The van der Waals surface area contributed by atoms with E-state index in [-0.39, 0.29) is 6.23 Å². The van der Waals surface area contributed by atoms with Crippen molar-refractivity contribution in [1.29, 1.82) is 0 Å². The summed E-state index contributed by atoms with van der Waals surface area (Å²) < 4.78 is 15.6. The average molecular weight is 468 g/mol. The number of halogens is 1. The molecule has 3 aromatic heterocycles. The number of imidazole rings is 1. The Hall–Kier alpha value is -3.17. The highest BCUT2D eigenvalue weighted by Gasteiger charge is 2.24. The Morgan fingerprint density at radius 1 is 1.09 bits per heavy atom. The van der Waals surface area contributed by atoms with Crippen LogP contribution >= 0.6 is 11.6 Å². The lowest BCUT2D eigenvalue weighted by Gasteiger charge is -2.25. The van der Waals surface area contributed by atoms with Crippen LogP contribution in [-0.4, -0.2) is 43.0 Å². The third kappa shape index (κ3) is 3.91. The second-order valence-electron chi connectivity index (χ2n) is 8.12. The molecule has 4 aromatic rings. The molecule has 1 fully saturated rings. The Kier molecular flexibility index (Phi) is 5.67. The summed E-state index contributed by atoms with van der Waals surface area (Å²) in [5, 5.41) is 8.34. The number of methoxy groups -OCH3 is 1. The highest BCUT2D eigenvalue weighted by molar-refractivity contribution is 6.30. The number of aromatic nitrogens is 6. The van der Waals surface area contributed by atoms with Crippen LogP contribution in [0.5, 0.6) is 5.75 Å². The average Bonchev–Trinajstić information content (AvgIpc) is 3.31. The molecule has 10 heteroatoms. The Morgan fingerprint density at radius 2 is 1.94 bits per heavy atom. The lowest BCUT2D eigenvalue weighted by Crippen LogP contribution is -2.19. The number of rotatable bonds is 5. The van der Waals surface area contributed by atoms with Gasteiger partial charge in [0.15, 0.2) is 11.4 Å². The highest BCUT2D eigenvalue weighted by atomic mass is 35.5. The fourth-order valence-corrected chi connectivity index (χ4v) is 4.60. The van der Waals surface area contributed by atoms with Gasteiger partial charge in [0.05, 0.1) is 18.5 Å². The predicted octanol–water partition coefficient (Wildman–Crippen LogP) is 5.04. The normalized spacial score (nSPS) is 16.3. The van der Waals surface area contributed by atoms with Crippen molar-refractivity contribution in [3.05, 3.63) is 46.9 Å². The predicted molar refractivity (Wildman–Crippen MR) is 127 cm³/mol. The van der Waals surface area contributed by atoms with Crippen LogP contribution < -0.4 is 10.1 Å². The lowest BCUT2D eigenvalue weighted by molar-refractivity contribution is -0.0309. The summed E-state index contributed by atoms with van der Waals surface area (Å²) >= 11 is 6.45. The zero-order chi connectivity index (χ0) is 23.1. The summed E-state index contributed by atoms with van der Waals surface area (Å²) in [6.45, 7) is 6.48. The third-order valence-corrected chi connectivity index (χ3v) is 6.00. The van der Waals surface area contributed by atoms with E-state index in [1.807, 2.05) is 43.5 Å². The van der Waals surface area contributed by atoms with E-state index < -0.39 is 0 Å². The maximum Gasteiger partial charge on any atom is 0.168 e. The molecular formula is C23H26ClN7O2. The first-order valence-corrected chi connectivity index (χ1v) is 11.4. The zero-order valence-electron chi connectivity index (χ0n) is 19.1. The van der Waals surface area contributed by atoms with Crippen LogP contribution in [0, 0.1) is 20.8 Å². The first-order valence-electron chi connectivity index (χ1n) is 11.0. The molecule has 1 atom stereocenters. The van der Waals surface area contributed by atoms with Crippen molar-refractivity contribution in [3.8, 4) is 11.4 Å². The largest absolute Gasteiger partial charge is 0.492 e. The summed E-state index contributed by atoms with van der Waals surface area (Å²) in [4.78, 5) is 13.8. The SMILES string of the molecule is COc1c(Nc2cc(Cl)nc3c2nc(C)n3C2CCCCO2)cccc1-n1nc(C)nc1C. The third-order valence-electron chi connectivity index (χ3n) is 5.81. The quantitative estimate of drug-likeness (QED) is 0.411. The summed E-state index contributed by atoms with van der Waals surface area (Å²) in [6, 6.07) is 7.60. The molecule has 172 valence electrons. The number of ether oxygens (including phenoxy) is 2. The number of para-hydroxylation sites is 1. The molecule has 0 saturated carbocycles. The van der Waals surface area contributed by atoms with Crippen LogP contribution in [0.2, 0.25) is 5.15 Å². The van der Waals surface area contributed by atoms with E-state index in [1.165, 1.54) is 0 Å². The van der Waals surface area contributed by atoms with Crippen LogP contribution in [0.4, 0.5) is 11.4 Å². The first-order chi connectivity index (χ1) is 16.0. The number of anilines is 2. The fraction of sp³-hybridized carbons (Fsp3) is 0.391. The molecule has 4 heterocycles. The first kappa shape index (κ1) is 21.7. The monoisotopic (exact) mass is 467 g/mol. The molecule has 33 heavy (non-hydrogen) atoms. The molecule has 0 aliphatic carbocycles. The highest BCUT2D eigenvalue weighted by Crippen LogP contribution is 2.37. The van der Waals surface area contributed by atoms with E-state index in [0.717, 1.165) is 60.1 Å². The van der Waals surface area contributed by atoms with Gasteiger partial charge in [-0.05, 0) is 52.2 Å². The van der Waals surface area contributed by atoms with E-state index in [0.29, 0.717) is 22.4 Å². The van der Waals surface area contributed by atoms with Gasteiger partial charge in [0.1, 0.15) is 40.1 Å². The Labute approximate surface area is 196 Å². The molecule has 0 amide bonds. The second-order valence-corrected chi connectivity index (χ2v) is 8.50. The van der Waals surface area contributed by atoms with Gasteiger partial charge >= 0.3 is 0 Å². The Balaban J connectivity index is 1.60. The number of nitrogens with one attached hydrogen (secondary N) is 1. The van der Waals surface area contributed by atoms with E-state index in [1.54, 1.807) is 17.9 Å². The van der Waals surface area contributed by atoms with Gasteiger partial charge in [0, 0.05) is 12.7 Å². The van der Waals surface area contributed by atoms with Crippen LogP contribution in [0.3, 0.4) is 0 Å². The van der Waals surface area contributed by atoms with E-state index in [4.69, 9.17) is 26.1 Å². The molecule has 1 N–H and O–H groups in total. The number of hydrogen-bond donors (Lipinski definition) is 1. The molecule has 1 unspecified atom stereocenters. The lowest BCUT2D eigenvalue weighted by atomic mass is 10.2. The summed E-state index contributed by atoms with van der Waals surface area (Å²) in [6.07, 6.45) is 3.03. The fourth-order valence-electron chi connectivity index (χ4n) is 4.41. The molecule has 1 saturated heterocycles. The van der Waals surface area contributed by atoms with Gasteiger partial charge in [0.25, 0.3) is 0 Å². The van der Waals surface area contributed by atoms with Crippen molar-refractivity contribution in [2.45, 2.75) is 46.3 Å². The minimum absolute atomic E-state index is 0.0843. The number of hydrogen-bond acceptors (Lipinski definition) is 7. The number of pyridine rings is 1. The molecule has 1 aliphatic heterocycles. The van der Waals surface area contributed by atoms with Gasteiger partial charge in [-0.2, -0.15) is 5.10 Å². The van der Waals surface area contributed by atoms with Gasteiger partial charge < -0.3 is 14.8 Å². The molecule has 0 radical (unpaired) electrons. The van der Waals surface area contributed by atoms with Crippen molar-refractivity contribution in [2.75, 3.05) is 19.0 Å². The van der Waals surface area contributed by atoms with Crippen LogP contribution in [0.25, 0.3) is 16.9 Å². The Bertz CT molecular complexity index is 1320. The minimum atomic E-state index is -0.0843. The van der Waals surface area contributed by atoms with Gasteiger partial charge in [-0.25, -0.2) is 19.6 Å². The summed E-state index contributed by atoms with van der Waals surface area (Å²) in [5.41, 5.74) is 3.71. The van der Waals surface area contributed by atoms with Gasteiger partial charge in [0.2, 0.25) is 0 Å². The molecule has 9 nitrogen and oxygen atoms in total. The standard InChI is InChI=1S/C23H26ClN7O2/c1-13-25-15(3)31(29-13)18-9-7-8-16(22(18)32-4)27-17-12-19(24)28-23-21(17)26-14(2)30(23)20-10-5-6-11-33-20/h7-9,12,20H,5-6,10-11H2,1-4H3,(H,27,28). The van der Waals surface area contributed by atoms with Crippen LogP contribution in [-0.2, 0) is 4.74 Å². The number of benzene rings is 1. The van der Waals surface area contributed by atoms with Gasteiger partial charge in [-0.1, -0.05) is 17.7 Å². The van der Waals surface area contributed by atoms with E-state index in [2.05, 4.69) is 20.4 Å². The van der Waals surface area contributed by atoms with Crippen molar-refractivity contribution >= 4 is 34.1 Å². The number of fused-ring (bicyclic) bond motifs is 1. The Morgan fingerprint density at radius 3 is 2.64 bits per heavy atom. The molecule has 0 bridgehead atoms. The van der Waals surface area contributed by atoms with Crippen molar-refractivity contribution in [1.82, 2.24) is 29.3 Å². The number of aryl methyl sites for hydroxylation is 3. The van der Waals surface area contributed by atoms with Crippen LogP contribution in [0.1, 0.15) is 43.0 Å².